The zero-order valence-electron chi connectivity index (χ0n) is 16.0. The summed E-state index contributed by atoms with van der Waals surface area (Å²) >= 11 is 5.87. The minimum atomic E-state index is -0.274. The second-order valence-corrected chi connectivity index (χ2v) is 7.23. The molecule has 1 aromatic heterocycles. The molecule has 29 heavy (non-hydrogen) atoms. The molecule has 0 unspecified atom stereocenters. The number of rotatable bonds is 5. The lowest BCUT2D eigenvalue weighted by Gasteiger charge is -2.08. The minimum Gasteiger partial charge on any atom is -0.340 e. The van der Waals surface area contributed by atoms with E-state index >= 15 is 0 Å². The van der Waals surface area contributed by atoms with E-state index in [-0.39, 0.29) is 5.91 Å². The number of hydrazone groups is 1. The van der Waals surface area contributed by atoms with Gasteiger partial charge in [-0.3, -0.25) is 4.79 Å². The summed E-state index contributed by atoms with van der Waals surface area (Å²) in [5.74, 6) is -0.274. The number of amides is 1. The molecule has 0 saturated carbocycles. The maximum absolute atomic E-state index is 12.3. The Labute approximate surface area is 174 Å². The highest BCUT2D eigenvalue weighted by atomic mass is 35.5. The Morgan fingerprint density at radius 3 is 2.45 bits per heavy atom. The van der Waals surface area contributed by atoms with Crippen molar-refractivity contribution in [3.05, 3.63) is 106 Å². The summed E-state index contributed by atoms with van der Waals surface area (Å²) in [7, 11) is 0. The fourth-order valence-electron chi connectivity index (χ4n) is 3.41. The largest absolute Gasteiger partial charge is 0.340 e. The Balaban J connectivity index is 1.62. The average Bonchev–Trinajstić information content (AvgIpc) is 3.01. The van der Waals surface area contributed by atoms with Gasteiger partial charge in [-0.1, -0.05) is 60.1 Å². The van der Waals surface area contributed by atoms with Crippen molar-refractivity contribution in [2.24, 2.45) is 5.10 Å². The van der Waals surface area contributed by atoms with Crippen molar-refractivity contribution in [2.75, 3.05) is 0 Å². The fraction of sp³-hybridized carbons (Fsp3) is 0.0833. The van der Waals surface area contributed by atoms with E-state index in [1.807, 2.05) is 30.3 Å². The van der Waals surface area contributed by atoms with Crippen molar-refractivity contribution in [2.45, 2.75) is 13.5 Å². The topological polar surface area (TPSA) is 46.4 Å². The molecule has 4 nitrogen and oxygen atoms in total. The number of fused-ring (bicyclic) bond motifs is 1. The summed E-state index contributed by atoms with van der Waals surface area (Å²) in [6.07, 6.45) is 1.72. The van der Waals surface area contributed by atoms with Gasteiger partial charge in [-0.2, -0.15) is 5.10 Å². The lowest BCUT2D eigenvalue weighted by Crippen LogP contribution is -2.17. The van der Waals surface area contributed by atoms with Crippen LogP contribution in [0.1, 0.15) is 27.2 Å². The molecule has 1 amide bonds. The van der Waals surface area contributed by atoms with Crippen molar-refractivity contribution < 1.29 is 4.79 Å². The van der Waals surface area contributed by atoms with E-state index in [2.05, 4.69) is 46.3 Å². The maximum atomic E-state index is 12.3. The van der Waals surface area contributed by atoms with Gasteiger partial charge in [0.25, 0.3) is 5.91 Å². The Hall–Kier alpha value is -3.37. The van der Waals surface area contributed by atoms with Crippen LogP contribution < -0.4 is 5.43 Å². The van der Waals surface area contributed by atoms with Gasteiger partial charge in [0.1, 0.15) is 0 Å². The molecule has 4 rings (SSSR count). The number of aromatic nitrogens is 1. The van der Waals surface area contributed by atoms with E-state index in [4.69, 9.17) is 11.6 Å². The predicted octanol–water partition coefficient (Wildman–Crippen LogP) is 5.42. The third-order valence-corrected chi connectivity index (χ3v) is 5.18. The monoisotopic (exact) mass is 401 g/mol. The summed E-state index contributed by atoms with van der Waals surface area (Å²) in [6.45, 7) is 2.85. The summed E-state index contributed by atoms with van der Waals surface area (Å²) in [6, 6.07) is 25.3. The zero-order chi connectivity index (χ0) is 20.2. The molecule has 0 aliphatic carbocycles. The minimum absolute atomic E-state index is 0.274. The van der Waals surface area contributed by atoms with E-state index in [1.165, 1.54) is 5.56 Å². The highest BCUT2D eigenvalue weighted by Crippen LogP contribution is 2.25. The Kier molecular flexibility index (Phi) is 5.45. The molecule has 0 fully saturated rings. The highest BCUT2D eigenvalue weighted by molar-refractivity contribution is 6.30. The first-order valence-electron chi connectivity index (χ1n) is 9.34. The Bertz CT molecular complexity index is 1180. The average molecular weight is 402 g/mol. The Morgan fingerprint density at radius 1 is 1.00 bits per heavy atom. The smallest absolute Gasteiger partial charge is 0.271 e. The van der Waals surface area contributed by atoms with Crippen LogP contribution in [0.3, 0.4) is 0 Å². The summed E-state index contributed by atoms with van der Waals surface area (Å²) in [5, 5.41) is 5.89. The SMILES string of the molecule is Cc1c(/C=N/NC(=O)c2ccc(Cl)cc2)c2ccccc2n1Cc1ccccc1. The van der Waals surface area contributed by atoms with Crippen LogP contribution in [0.4, 0.5) is 0 Å². The molecule has 0 radical (unpaired) electrons. The number of hydrogen-bond donors (Lipinski definition) is 1. The molecule has 0 bridgehead atoms. The van der Waals surface area contributed by atoms with Crippen molar-refractivity contribution in [1.82, 2.24) is 9.99 Å². The molecule has 0 aliphatic rings. The molecular weight excluding hydrogens is 382 g/mol. The van der Waals surface area contributed by atoms with E-state index in [9.17, 15) is 4.79 Å². The Morgan fingerprint density at radius 2 is 1.69 bits per heavy atom. The third kappa shape index (κ3) is 4.08. The summed E-state index contributed by atoms with van der Waals surface area (Å²) in [5.41, 5.74) is 7.57. The van der Waals surface area contributed by atoms with Gasteiger partial charge in [0.05, 0.1) is 6.21 Å². The molecule has 5 heteroatoms. The number of benzene rings is 3. The van der Waals surface area contributed by atoms with Gasteiger partial charge in [-0.05, 0) is 42.8 Å². The lowest BCUT2D eigenvalue weighted by molar-refractivity contribution is 0.0955. The molecule has 1 N–H and O–H groups in total. The maximum Gasteiger partial charge on any atom is 0.271 e. The van der Waals surface area contributed by atoms with Gasteiger partial charge in [-0.25, -0.2) is 5.43 Å². The van der Waals surface area contributed by atoms with Crippen molar-refractivity contribution in [1.29, 1.82) is 0 Å². The number of para-hydroxylation sites is 1. The van der Waals surface area contributed by atoms with E-state index < -0.39 is 0 Å². The zero-order valence-corrected chi connectivity index (χ0v) is 16.7. The molecule has 144 valence electrons. The first-order chi connectivity index (χ1) is 14.1. The normalized spacial score (nSPS) is 11.2. The molecule has 3 aromatic carbocycles. The van der Waals surface area contributed by atoms with Gasteiger partial charge >= 0.3 is 0 Å². The van der Waals surface area contributed by atoms with E-state index in [1.54, 1.807) is 30.5 Å². The number of carbonyl (C=O) groups is 1. The van der Waals surface area contributed by atoms with Crippen LogP contribution in [0.25, 0.3) is 10.9 Å². The first kappa shape index (κ1) is 19.0. The predicted molar refractivity (Wildman–Crippen MR) is 119 cm³/mol. The molecule has 4 aromatic rings. The molecule has 0 aliphatic heterocycles. The van der Waals surface area contributed by atoms with E-state index in [0.717, 1.165) is 28.7 Å². The van der Waals surface area contributed by atoms with Crippen molar-refractivity contribution in [3.63, 3.8) is 0 Å². The third-order valence-electron chi connectivity index (χ3n) is 4.93. The van der Waals surface area contributed by atoms with Crippen LogP contribution in [-0.2, 0) is 6.54 Å². The molecule has 0 atom stereocenters. The quantitative estimate of drug-likeness (QED) is 0.352. The van der Waals surface area contributed by atoms with Gasteiger partial charge < -0.3 is 4.57 Å². The number of halogens is 1. The van der Waals surface area contributed by atoms with Gasteiger partial charge in [-0.15, -0.1) is 0 Å². The van der Waals surface area contributed by atoms with Gasteiger partial charge in [0.2, 0.25) is 0 Å². The van der Waals surface area contributed by atoms with Crippen LogP contribution >= 0.6 is 11.6 Å². The molecule has 0 saturated heterocycles. The van der Waals surface area contributed by atoms with Crippen LogP contribution in [0.2, 0.25) is 5.02 Å². The standard InChI is InChI=1S/C24H20ClN3O/c1-17-22(15-26-27-24(29)19-11-13-20(25)14-12-19)21-9-5-6-10-23(21)28(17)16-18-7-3-2-4-8-18/h2-15H,16H2,1H3,(H,27,29)/b26-15+. The second-order valence-electron chi connectivity index (χ2n) is 6.79. The summed E-state index contributed by atoms with van der Waals surface area (Å²) < 4.78 is 2.27. The molecule has 0 spiro atoms. The highest BCUT2D eigenvalue weighted by Gasteiger charge is 2.13. The summed E-state index contributed by atoms with van der Waals surface area (Å²) in [4.78, 5) is 12.3. The second kappa shape index (κ2) is 8.33. The number of hydrogen-bond acceptors (Lipinski definition) is 2. The number of nitrogens with zero attached hydrogens (tertiary/aromatic N) is 2. The van der Waals surface area contributed by atoms with E-state index in [0.29, 0.717) is 10.6 Å². The number of nitrogens with one attached hydrogen (secondary N) is 1. The molecular formula is C24H20ClN3O. The van der Waals surface area contributed by atoms with Gasteiger partial charge in [0.15, 0.2) is 0 Å². The van der Waals surface area contributed by atoms with Crippen molar-refractivity contribution >= 4 is 34.6 Å². The van der Waals surface area contributed by atoms with Crippen LogP contribution in [0.5, 0.6) is 0 Å². The molecule has 1 heterocycles. The lowest BCUT2D eigenvalue weighted by atomic mass is 10.1. The van der Waals surface area contributed by atoms with Crippen molar-refractivity contribution in [3.8, 4) is 0 Å². The fourth-order valence-corrected chi connectivity index (χ4v) is 3.54. The van der Waals surface area contributed by atoms with Gasteiger partial charge in [0, 0.05) is 39.3 Å². The van der Waals surface area contributed by atoms with Crippen LogP contribution in [-0.4, -0.2) is 16.7 Å². The van der Waals surface area contributed by atoms with Crippen LogP contribution in [0, 0.1) is 6.92 Å². The van der Waals surface area contributed by atoms with Crippen LogP contribution in [0.15, 0.2) is 84.0 Å². The first-order valence-corrected chi connectivity index (χ1v) is 9.72. The number of carbonyl (C=O) groups excluding carboxylic acids is 1.